The minimum atomic E-state index is -0.891. The molecule has 3 rings (SSSR count). The normalized spacial score (nSPS) is 13.3. The van der Waals surface area contributed by atoms with Crippen LogP contribution < -0.4 is 4.90 Å². The Kier molecular flexibility index (Phi) is 3.31. The number of fused-ring (bicyclic) bond motifs is 1. The summed E-state index contributed by atoms with van der Waals surface area (Å²) in [5, 5.41) is 9.76. The first-order chi connectivity index (χ1) is 9.69. The number of aromatic carboxylic acids is 1. The Hall–Kier alpha value is -2.08. The number of hydrogen-bond donors (Lipinski definition) is 1. The van der Waals surface area contributed by atoms with Crippen LogP contribution >= 0.6 is 11.8 Å². The van der Waals surface area contributed by atoms with Crippen LogP contribution in [0.1, 0.15) is 15.9 Å². The quantitative estimate of drug-likeness (QED) is 0.691. The van der Waals surface area contributed by atoms with Crippen molar-refractivity contribution in [2.75, 3.05) is 17.7 Å². The van der Waals surface area contributed by atoms with Gasteiger partial charge in [-0.1, -0.05) is 11.8 Å². The minimum absolute atomic E-state index is 0.332. The largest absolute Gasteiger partial charge is 0.478 e. The van der Waals surface area contributed by atoms with Crippen molar-refractivity contribution in [2.45, 2.75) is 11.6 Å². The molecule has 0 saturated carbocycles. The van der Waals surface area contributed by atoms with E-state index in [-0.39, 0.29) is 0 Å². The lowest BCUT2D eigenvalue weighted by Crippen LogP contribution is -2.15. The van der Waals surface area contributed by atoms with Gasteiger partial charge in [0.25, 0.3) is 0 Å². The number of anilines is 2. The van der Waals surface area contributed by atoms with E-state index >= 15 is 0 Å². The van der Waals surface area contributed by atoms with Crippen LogP contribution in [0.5, 0.6) is 0 Å². The standard InChI is InChI=1S/C14H13N3O2S/c1-20-14-15-6-4-12(16-14)17-7-5-9-8-10(13(18)19)2-3-11(9)17/h2-4,6,8H,5,7H2,1H3,(H,18,19). The Morgan fingerprint density at radius 3 is 3.00 bits per heavy atom. The lowest BCUT2D eigenvalue weighted by Gasteiger charge is -2.18. The molecule has 0 aliphatic carbocycles. The summed E-state index contributed by atoms with van der Waals surface area (Å²) < 4.78 is 0. The van der Waals surface area contributed by atoms with Crippen LogP contribution in [0.15, 0.2) is 35.6 Å². The molecule has 0 amide bonds. The molecule has 0 spiro atoms. The van der Waals surface area contributed by atoms with Crippen LogP contribution in [-0.4, -0.2) is 33.8 Å². The molecule has 2 heterocycles. The molecule has 2 aromatic rings. The van der Waals surface area contributed by atoms with E-state index in [1.807, 2.05) is 18.4 Å². The van der Waals surface area contributed by atoms with E-state index in [4.69, 9.17) is 5.11 Å². The lowest BCUT2D eigenvalue weighted by atomic mass is 10.1. The molecular formula is C14H13N3O2S. The second-order valence-electron chi connectivity index (χ2n) is 4.45. The molecule has 1 aliphatic rings. The summed E-state index contributed by atoms with van der Waals surface area (Å²) in [4.78, 5) is 21.8. The molecule has 0 unspecified atom stereocenters. The Balaban J connectivity index is 1.98. The van der Waals surface area contributed by atoms with Crippen LogP contribution in [0, 0.1) is 0 Å². The van der Waals surface area contributed by atoms with Gasteiger partial charge in [0.05, 0.1) is 5.56 Å². The molecule has 6 heteroatoms. The highest BCUT2D eigenvalue weighted by atomic mass is 32.2. The average molecular weight is 287 g/mol. The molecule has 0 fully saturated rings. The molecule has 1 aromatic heterocycles. The molecule has 0 saturated heterocycles. The Labute approximate surface area is 120 Å². The van der Waals surface area contributed by atoms with Gasteiger partial charge in [-0.2, -0.15) is 0 Å². The second kappa shape index (κ2) is 5.13. The van der Waals surface area contributed by atoms with Crippen molar-refractivity contribution in [3.05, 3.63) is 41.6 Å². The maximum atomic E-state index is 11.0. The summed E-state index contributed by atoms with van der Waals surface area (Å²) in [5.41, 5.74) is 2.41. The molecule has 1 aromatic carbocycles. The van der Waals surface area contributed by atoms with Gasteiger partial charge in [-0.05, 0) is 42.5 Å². The number of hydrogen-bond acceptors (Lipinski definition) is 5. The van der Waals surface area contributed by atoms with Gasteiger partial charge in [0.1, 0.15) is 5.82 Å². The lowest BCUT2D eigenvalue weighted by molar-refractivity contribution is 0.0697. The van der Waals surface area contributed by atoms with E-state index in [0.717, 1.165) is 35.2 Å². The molecule has 1 N–H and O–H groups in total. The first kappa shape index (κ1) is 12.9. The number of benzene rings is 1. The highest BCUT2D eigenvalue weighted by Gasteiger charge is 2.22. The predicted octanol–water partition coefficient (Wildman–Crippen LogP) is 2.59. The first-order valence-corrected chi connectivity index (χ1v) is 7.42. The molecule has 5 nitrogen and oxygen atoms in total. The molecule has 102 valence electrons. The summed E-state index contributed by atoms with van der Waals surface area (Å²) in [5.74, 6) is -0.0378. The van der Waals surface area contributed by atoms with Crippen molar-refractivity contribution < 1.29 is 9.90 Å². The predicted molar refractivity (Wildman–Crippen MR) is 77.9 cm³/mol. The fourth-order valence-corrected chi connectivity index (χ4v) is 2.70. The third kappa shape index (κ3) is 2.22. The van der Waals surface area contributed by atoms with Crippen LogP contribution in [0.2, 0.25) is 0 Å². The van der Waals surface area contributed by atoms with E-state index in [2.05, 4.69) is 14.9 Å². The van der Waals surface area contributed by atoms with E-state index in [1.54, 1.807) is 18.3 Å². The van der Waals surface area contributed by atoms with Crippen molar-refractivity contribution in [2.24, 2.45) is 0 Å². The molecule has 0 atom stereocenters. The maximum absolute atomic E-state index is 11.0. The van der Waals surface area contributed by atoms with E-state index in [9.17, 15) is 4.79 Å². The number of carboxylic acid groups (broad SMARTS) is 1. The fraction of sp³-hybridized carbons (Fsp3) is 0.214. The average Bonchev–Trinajstić information content (AvgIpc) is 2.90. The van der Waals surface area contributed by atoms with Crippen LogP contribution in [0.3, 0.4) is 0 Å². The summed E-state index contributed by atoms with van der Waals surface area (Å²) in [6, 6.07) is 7.11. The van der Waals surface area contributed by atoms with Gasteiger partial charge < -0.3 is 10.0 Å². The number of rotatable bonds is 3. The molecule has 0 bridgehead atoms. The van der Waals surface area contributed by atoms with Crippen molar-refractivity contribution in [3.8, 4) is 0 Å². The smallest absolute Gasteiger partial charge is 0.335 e. The maximum Gasteiger partial charge on any atom is 0.335 e. The molecule has 0 radical (unpaired) electrons. The third-order valence-electron chi connectivity index (χ3n) is 3.30. The Morgan fingerprint density at radius 2 is 2.25 bits per heavy atom. The van der Waals surface area contributed by atoms with Gasteiger partial charge in [0.2, 0.25) is 0 Å². The zero-order valence-electron chi connectivity index (χ0n) is 10.9. The zero-order chi connectivity index (χ0) is 14.1. The van der Waals surface area contributed by atoms with Crippen molar-refractivity contribution in [3.63, 3.8) is 0 Å². The van der Waals surface area contributed by atoms with E-state index < -0.39 is 5.97 Å². The van der Waals surface area contributed by atoms with Crippen LogP contribution in [0.4, 0.5) is 11.5 Å². The monoisotopic (exact) mass is 287 g/mol. The van der Waals surface area contributed by atoms with Crippen molar-refractivity contribution in [1.29, 1.82) is 0 Å². The zero-order valence-corrected chi connectivity index (χ0v) is 11.7. The molecular weight excluding hydrogens is 274 g/mol. The van der Waals surface area contributed by atoms with Crippen LogP contribution in [0.25, 0.3) is 0 Å². The topological polar surface area (TPSA) is 66.3 Å². The highest BCUT2D eigenvalue weighted by molar-refractivity contribution is 7.98. The van der Waals surface area contributed by atoms with Gasteiger partial charge in [-0.25, -0.2) is 14.8 Å². The first-order valence-electron chi connectivity index (χ1n) is 6.20. The summed E-state index contributed by atoms with van der Waals surface area (Å²) in [6.45, 7) is 0.809. The van der Waals surface area contributed by atoms with E-state index in [1.165, 1.54) is 11.8 Å². The van der Waals surface area contributed by atoms with Crippen LogP contribution in [-0.2, 0) is 6.42 Å². The summed E-state index contributed by atoms with van der Waals surface area (Å²) >= 11 is 1.50. The third-order valence-corrected chi connectivity index (χ3v) is 3.86. The molecule has 1 aliphatic heterocycles. The number of aromatic nitrogens is 2. The van der Waals surface area contributed by atoms with Gasteiger partial charge in [-0.15, -0.1) is 0 Å². The van der Waals surface area contributed by atoms with Gasteiger partial charge in [0, 0.05) is 18.4 Å². The fourth-order valence-electron chi connectivity index (χ4n) is 2.35. The van der Waals surface area contributed by atoms with Gasteiger partial charge in [0.15, 0.2) is 5.16 Å². The highest BCUT2D eigenvalue weighted by Crippen LogP contribution is 2.34. The van der Waals surface area contributed by atoms with Crippen molar-refractivity contribution >= 4 is 29.2 Å². The summed E-state index contributed by atoms with van der Waals surface area (Å²) in [7, 11) is 0. The SMILES string of the molecule is CSc1nccc(N2CCc3cc(C(=O)O)ccc32)n1. The number of carbonyl (C=O) groups is 1. The minimum Gasteiger partial charge on any atom is -0.478 e. The second-order valence-corrected chi connectivity index (χ2v) is 5.23. The Morgan fingerprint density at radius 1 is 1.40 bits per heavy atom. The van der Waals surface area contributed by atoms with Gasteiger partial charge in [-0.3, -0.25) is 0 Å². The number of nitrogens with zero attached hydrogens (tertiary/aromatic N) is 3. The Bertz CT molecular complexity index is 675. The van der Waals surface area contributed by atoms with E-state index in [0.29, 0.717) is 5.56 Å². The summed E-state index contributed by atoms with van der Waals surface area (Å²) in [6.07, 6.45) is 4.52. The van der Waals surface area contributed by atoms with Gasteiger partial charge >= 0.3 is 5.97 Å². The van der Waals surface area contributed by atoms with Crippen molar-refractivity contribution in [1.82, 2.24) is 9.97 Å². The number of carboxylic acids is 1. The number of thioether (sulfide) groups is 1. The molecule has 20 heavy (non-hydrogen) atoms.